The van der Waals surface area contributed by atoms with E-state index in [0.29, 0.717) is 19.4 Å². The van der Waals surface area contributed by atoms with Gasteiger partial charge in [-0.15, -0.1) is 0 Å². The monoisotopic (exact) mass is 391 g/mol. The van der Waals surface area contributed by atoms with Gasteiger partial charge < -0.3 is 20.3 Å². The summed E-state index contributed by atoms with van der Waals surface area (Å²) in [5, 5.41) is 5.62. The summed E-state index contributed by atoms with van der Waals surface area (Å²) in [4.78, 5) is 39.0. The summed E-state index contributed by atoms with van der Waals surface area (Å²) in [6.45, 7) is 4.72. The quantitative estimate of drug-likeness (QED) is 0.487. The molecule has 0 aliphatic carbocycles. The van der Waals surface area contributed by atoms with E-state index in [0.717, 1.165) is 22.6 Å². The number of rotatable bonds is 10. The van der Waals surface area contributed by atoms with Crippen LogP contribution in [0.3, 0.4) is 0 Å². The van der Waals surface area contributed by atoms with Gasteiger partial charge in [-0.05, 0) is 43.9 Å². The van der Waals surface area contributed by atoms with Crippen LogP contribution in [0.4, 0.5) is 4.79 Å². The van der Waals surface area contributed by atoms with Crippen LogP contribution in [-0.2, 0) is 16.0 Å². The van der Waals surface area contributed by atoms with Crippen molar-refractivity contribution < 1.29 is 24.0 Å². The number of hydrogen-bond acceptors (Lipinski definition) is 4. The van der Waals surface area contributed by atoms with Crippen molar-refractivity contribution in [2.75, 3.05) is 33.9 Å². The van der Waals surface area contributed by atoms with Crippen molar-refractivity contribution in [3.8, 4) is 5.75 Å². The Labute approximate surface area is 166 Å². The summed E-state index contributed by atoms with van der Waals surface area (Å²) < 4.78 is 5.15. The van der Waals surface area contributed by atoms with E-state index in [-0.39, 0.29) is 25.0 Å². The first-order chi connectivity index (χ1) is 13.3. The van der Waals surface area contributed by atoms with Gasteiger partial charge in [0, 0.05) is 6.54 Å². The number of hydrogen-bond donors (Lipinski definition) is 3. The van der Waals surface area contributed by atoms with Gasteiger partial charge in [-0.3, -0.25) is 9.59 Å². The van der Waals surface area contributed by atoms with E-state index < -0.39 is 11.6 Å². The number of benzene rings is 1. The number of imide groups is 1. The topological polar surface area (TPSA) is 92.2 Å². The third-order valence-electron chi connectivity index (χ3n) is 4.88. The number of likely N-dealkylation sites (N-methyl/N-ethyl adjacent to an activating group) is 1. The number of urea groups is 1. The molecule has 1 aromatic rings. The lowest BCUT2D eigenvalue weighted by Crippen LogP contribution is -3.12. The maximum absolute atomic E-state index is 12.9. The van der Waals surface area contributed by atoms with Crippen LogP contribution in [0.1, 0.15) is 32.3 Å². The lowest BCUT2D eigenvalue weighted by atomic mass is 9.93. The van der Waals surface area contributed by atoms with Gasteiger partial charge in [0.1, 0.15) is 11.3 Å². The summed E-state index contributed by atoms with van der Waals surface area (Å²) in [6.07, 6.45) is 2.02. The minimum Gasteiger partial charge on any atom is -0.497 e. The average Bonchev–Trinajstić information content (AvgIpc) is 2.88. The molecule has 2 atom stereocenters. The van der Waals surface area contributed by atoms with Gasteiger partial charge in [0.05, 0.1) is 14.2 Å². The highest BCUT2D eigenvalue weighted by molar-refractivity contribution is 6.06. The molecule has 0 aromatic heterocycles. The highest BCUT2D eigenvalue weighted by Crippen LogP contribution is 2.23. The minimum absolute atomic E-state index is 0.0892. The zero-order chi connectivity index (χ0) is 20.7. The molecule has 8 heteroatoms. The Morgan fingerprint density at radius 3 is 2.57 bits per heavy atom. The molecule has 154 valence electrons. The first-order valence-corrected chi connectivity index (χ1v) is 9.64. The first kappa shape index (κ1) is 21.7. The van der Waals surface area contributed by atoms with E-state index in [1.54, 1.807) is 21.1 Å². The fourth-order valence-corrected chi connectivity index (χ4v) is 3.17. The smallest absolute Gasteiger partial charge is 0.329 e. The van der Waals surface area contributed by atoms with Crippen LogP contribution in [0.5, 0.6) is 5.75 Å². The standard InChI is InChI=1S/C20H30N4O4/c1-5-12-21-17(25)13-23(3)14-24-18(26)20(2,22-19(24)27)11-10-15-6-8-16(28-4)9-7-15/h6-9H,5,10-14H2,1-4H3,(H,21,25)(H,22,27)/p+1/t20-/m0/s1. The van der Waals surface area contributed by atoms with Crippen molar-refractivity contribution in [3.05, 3.63) is 29.8 Å². The molecule has 1 aliphatic heterocycles. The number of carbonyl (C=O) groups is 3. The van der Waals surface area contributed by atoms with E-state index in [4.69, 9.17) is 4.74 Å². The second-order valence-corrected chi connectivity index (χ2v) is 7.49. The lowest BCUT2D eigenvalue weighted by Gasteiger charge is -2.23. The van der Waals surface area contributed by atoms with Crippen molar-refractivity contribution in [1.29, 1.82) is 0 Å². The summed E-state index contributed by atoms with van der Waals surface area (Å²) in [6, 6.07) is 7.25. The van der Waals surface area contributed by atoms with Crippen LogP contribution < -0.4 is 20.3 Å². The van der Waals surface area contributed by atoms with Gasteiger partial charge in [0.15, 0.2) is 13.2 Å². The molecule has 1 aliphatic rings. The maximum Gasteiger partial charge on any atom is 0.329 e. The Hall–Kier alpha value is -2.61. The van der Waals surface area contributed by atoms with E-state index in [2.05, 4.69) is 10.6 Å². The van der Waals surface area contributed by atoms with E-state index in [1.165, 1.54) is 4.90 Å². The SMILES string of the molecule is CCCNC(=O)C[NH+](C)CN1C(=O)N[C@@](C)(CCc2ccc(OC)cc2)C1=O. The van der Waals surface area contributed by atoms with Crippen LogP contribution in [0.2, 0.25) is 0 Å². The van der Waals surface area contributed by atoms with Crippen molar-refractivity contribution in [2.45, 2.75) is 38.6 Å². The lowest BCUT2D eigenvalue weighted by molar-refractivity contribution is -0.879. The molecule has 4 amide bonds. The molecule has 0 saturated carbocycles. The number of ether oxygens (including phenoxy) is 1. The molecular formula is C20H31N4O4+. The summed E-state index contributed by atoms with van der Waals surface area (Å²) >= 11 is 0. The van der Waals surface area contributed by atoms with Gasteiger partial charge in [-0.2, -0.15) is 0 Å². The van der Waals surface area contributed by atoms with Crippen molar-refractivity contribution in [1.82, 2.24) is 15.5 Å². The molecule has 28 heavy (non-hydrogen) atoms. The molecule has 2 rings (SSSR count). The highest BCUT2D eigenvalue weighted by Gasteiger charge is 2.48. The van der Waals surface area contributed by atoms with E-state index >= 15 is 0 Å². The molecule has 0 radical (unpaired) electrons. The minimum atomic E-state index is -0.943. The second kappa shape index (κ2) is 9.54. The molecule has 1 fully saturated rings. The van der Waals surface area contributed by atoms with Crippen LogP contribution in [0.25, 0.3) is 0 Å². The van der Waals surface area contributed by atoms with Gasteiger partial charge in [-0.25, -0.2) is 9.69 Å². The zero-order valence-electron chi connectivity index (χ0n) is 17.1. The number of carbonyl (C=O) groups excluding carboxylic acids is 3. The fourth-order valence-electron chi connectivity index (χ4n) is 3.17. The summed E-state index contributed by atoms with van der Waals surface area (Å²) in [5.74, 6) is 0.438. The molecule has 8 nitrogen and oxygen atoms in total. The molecule has 0 spiro atoms. The predicted molar refractivity (Wildman–Crippen MR) is 105 cm³/mol. The van der Waals surface area contributed by atoms with Crippen LogP contribution in [0, 0.1) is 0 Å². The van der Waals surface area contributed by atoms with Crippen molar-refractivity contribution in [3.63, 3.8) is 0 Å². The Bertz CT molecular complexity index is 707. The molecule has 1 unspecified atom stereocenters. The number of aryl methyl sites for hydroxylation is 1. The molecular weight excluding hydrogens is 360 g/mol. The summed E-state index contributed by atoms with van der Waals surface area (Å²) in [5.41, 5.74) is 0.125. The normalized spacial score (nSPS) is 20.1. The largest absolute Gasteiger partial charge is 0.497 e. The van der Waals surface area contributed by atoms with Crippen LogP contribution in [0.15, 0.2) is 24.3 Å². The fraction of sp³-hybridized carbons (Fsp3) is 0.550. The maximum atomic E-state index is 12.9. The number of nitrogens with one attached hydrogen (secondary N) is 3. The third-order valence-corrected chi connectivity index (χ3v) is 4.88. The van der Waals surface area contributed by atoms with Crippen LogP contribution in [-0.4, -0.2) is 62.2 Å². The Morgan fingerprint density at radius 1 is 1.29 bits per heavy atom. The average molecular weight is 391 g/mol. The van der Waals surface area contributed by atoms with Crippen LogP contribution >= 0.6 is 0 Å². The molecule has 0 bridgehead atoms. The first-order valence-electron chi connectivity index (χ1n) is 9.64. The number of nitrogens with zero attached hydrogens (tertiary/aromatic N) is 1. The Morgan fingerprint density at radius 2 is 1.96 bits per heavy atom. The highest BCUT2D eigenvalue weighted by atomic mass is 16.5. The van der Waals surface area contributed by atoms with E-state index in [1.807, 2.05) is 31.2 Å². The van der Waals surface area contributed by atoms with E-state index in [9.17, 15) is 14.4 Å². The second-order valence-electron chi connectivity index (χ2n) is 7.49. The molecule has 1 aromatic carbocycles. The van der Waals surface area contributed by atoms with Crippen molar-refractivity contribution >= 4 is 17.8 Å². The zero-order valence-corrected chi connectivity index (χ0v) is 17.1. The third kappa shape index (κ3) is 5.45. The van der Waals surface area contributed by atoms with Gasteiger partial charge in [0.2, 0.25) is 0 Å². The predicted octanol–water partition coefficient (Wildman–Crippen LogP) is -0.0633. The number of amides is 4. The molecule has 1 heterocycles. The van der Waals surface area contributed by atoms with Gasteiger partial charge >= 0.3 is 6.03 Å². The number of quaternary nitrogens is 1. The summed E-state index contributed by atoms with van der Waals surface area (Å²) in [7, 11) is 3.41. The molecule has 3 N–H and O–H groups in total. The molecule has 1 saturated heterocycles. The Balaban J connectivity index is 1.92. The van der Waals surface area contributed by atoms with Gasteiger partial charge in [-0.1, -0.05) is 19.1 Å². The van der Waals surface area contributed by atoms with Gasteiger partial charge in [0.25, 0.3) is 11.8 Å². The van der Waals surface area contributed by atoms with Crippen molar-refractivity contribution in [2.24, 2.45) is 0 Å². The Kier molecular flexibility index (Phi) is 7.39. The number of methoxy groups -OCH3 is 1.